The Labute approximate surface area is 73.8 Å². The quantitative estimate of drug-likeness (QED) is 0.503. The third-order valence-corrected chi connectivity index (χ3v) is 3.09. The van der Waals surface area contributed by atoms with Gasteiger partial charge in [-0.2, -0.15) is 0 Å². The minimum Gasteiger partial charge on any atom is -0.299 e. The van der Waals surface area contributed by atoms with Gasteiger partial charge >= 0.3 is 0 Å². The molecule has 0 radical (unpaired) electrons. The summed E-state index contributed by atoms with van der Waals surface area (Å²) in [5.41, 5.74) is 1.59. The highest BCUT2D eigenvalue weighted by Crippen LogP contribution is 2.50. The highest BCUT2D eigenvalue weighted by atomic mass is 16.1. The number of carbonyl (C=O) groups is 1. The first-order chi connectivity index (χ1) is 5.50. The summed E-state index contributed by atoms with van der Waals surface area (Å²) in [6.07, 6.45) is 4.23. The fraction of sp³-hybridized carbons (Fsp3) is 0.727. The molecule has 1 fully saturated rings. The molecule has 0 aliphatic heterocycles. The SMILES string of the molecule is CC(C)(C)C1=CC2CCC(=O)C12. The number of fused-ring (bicyclic) bond motifs is 1. The van der Waals surface area contributed by atoms with Crippen LogP contribution in [0.15, 0.2) is 11.6 Å². The third-order valence-electron chi connectivity index (χ3n) is 3.09. The fourth-order valence-corrected chi connectivity index (χ4v) is 2.39. The van der Waals surface area contributed by atoms with Crippen LogP contribution in [0.5, 0.6) is 0 Å². The van der Waals surface area contributed by atoms with Crippen LogP contribution in [0.4, 0.5) is 0 Å². The number of Topliss-reactive ketones (excluding diaryl/α,β-unsaturated/α-hetero) is 1. The summed E-state index contributed by atoms with van der Waals surface area (Å²) in [5.74, 6) is 1.39. The summed E-state index contributed by atoms with van der Waals surface area (Å²) in [6, 6.07) is 0. The van der Waals surface area contributed by atoms with Crippen molar-refractivity contribution in [1.29, 1.82) is 0 Å². The van der Waals surface area contributed by atoms with E-state index in [1.54, 1.807) is 0 Å². The lowest BCUT2D eigenvalue weighted by Crippen LogP contribution is -2.32. The van der Waals surface area contributed by atoms with Crippen LogP contribution in [0.25, 0.3) is 0 Å². The van der Waals surface area contributed by atoms with Gasteiger partial charge in [0.05, 0.1) is 0 Å². The molecule has 2 aliphatic rings. The van der Waals surface area contributed by atoms with Gasteiger partial charge in [0.1, 0.15) is 5.78 Å². The van der Waals surface area contributed by atoms with E-state index in [1.807, 2.05) is 0 Å². The van der Waals surface area contributed by atoms with E-state index in [4.69, 9.17) is 0 Å². The zero-order valence-electron chi connectivity index (χ0n) is 8.05. The molecule has 1 heteroatoms. The summed E-state index contributed by atoms with van der Waals surface area (Å²) < 4.78 is 0. The molecule has 2 atom stereocenters. The van der Waals surface area contributed by atoms with Gasteiger partial charge in [0.25, 0.3) is 0 Å². The highest BCUT2D eigenvalue weighted by molar-refractivity contribution is 5.88. The molecule has 2 unspecified atom stereocenters. The lowest BCUT2D eigenvalue weighted by molar-refractivity contribution is -0.120. The molecule has 0 heterocycles. The first-order valence-corrected chi connectivity index (χ1v) is 4.75. The number of rotatable bonds is 0. The Morgan fingerprint density at radius 1 is 1.42 bits per heavy atom. The largest absolute Gasteiger partial charge is 0.299 e. The van der Waals surface area contributed by atoms with Gasteiger partial charge < -0.3 is 0 Å². The van der Waals surface area contributed by atoms with E-state index in [0.29, 0.717) is 17.6 Å². The monoisotopic (exact) mass is 164 g/mol. The Morgan fingerprint density at radius 2 is 2.08 bits per heavy atom. The van der Waals surface area contributed by atoms with Crippen LogP contribution in [0, 0.1) is 17.3 Å². The van der Waals surface area contributed by atoms with Gasteiger partial charge in [-0.1, -0.05) is 32.4 Å². The second-order valence-corrected chi connectivity index (χ2v) is 5.02. The molecule has 0 aromatic carbocycles. The predicted octanol–water partition coefficient (Wildman–Crippen LogP) is 2.57. The van der Waals surface area contributed by atoms with Crippen LogP contribution in [-0.2, 0) is 4.79 Å². The van der Waals surface area contributed by atoms with Crippen molar-refractivity contribution in [1.82, 2.24) is 0 Å². The smallest absolute Gasteiger partial charge is 0.140 e. The van der Waals surface area contributed by atoms with Gasteiger partial charge in [-0.3, -0.25) is 4.79 Å². The highest BCUT2D eigenvalue weighted by Gasteiger charge is 2.45. The van der Waals surface area contributed by atoms with E-state index >= 15 is 0 Å². The Kier molecular flexibility index (Phi) is 1.48. The van der Waals surface area contributed by atoms with E-state index in [-0.39, 0.29) is 5.41 Å². The molecule has 12 heavy (non-hydrogen) atoms. The summed E-state index contributed by atoms with van der Waals surface area (Å²) in [7, 11) is 0. The topological polar surface area (TPSA) is 17.1 Å². The minimum absolute atomic E-state index is 0.209. The first kappa shape index (κ1) is 8.03. The second kappa shape index (κ2) is 2.21. The predicted molar refractivity (Wildman–Crippen MR) is 48.8 cm³/mol. The van der Waals surface area contributed by atoms with E-state index in [2.05, 4.69) is 26.8 Å². The molecule has 0 aromatic heterocycles. The van der Waals surface area contributed by atoms with Crippen LogP contribution in [0.3, 0.4) is 0 Å². The normalized spacial score (nSPS) is 34.2. The third kappa shape index (κ3) is 0.954. The van der Waals surface area contributed by atoms with Crippen molar-refractivity contribution in [2.24, 2.45) is 17.3 Å². The maximum absolute atomic E-state index is 11.5. The summed E-state index contributed by atoms with van der Waals surface area (Å²) in [6.45, 7) is 6.59. The Morgan fingerprint density at radius 3 is 2.58 bits per heavy atom. The summed E-state index contributed by atoms with van der Waals surface area (Å²) in [5, 5.41) is 0. The maximum Gasteiger partial charge on any atom is 0.140 e. The number of hydrogen-bond acceptors (Lipinski definition) is 1. The van der Waals surface area contributed by atoms with Crippen molar-refractivity contribution in [3.63, 3.8) is 0 Å². The van der Waals surface area contributed by atoms with E-state index in [1.165, 1.54) is 5.57 Å². The minimum atomic E-state index is 0.209. The van der Waals surface area contributed by atoms with Crippen molar-refractivity contribution in [2.45, 2.75) is 33.6 Å². The zero-order valence-corrected chi connectivity index (χ0v) is 8.05. The molecule has 0 saturated heterocycles. The van der Waals surface area contributed by atoms with Crippen molar-refractivity contribution < 1.29 is 4.79 Å². The van der Waals surface area contributed by atoms with Gasteiger partial charge in [0.15, 0.2) is 0 Å². The number of carbonyl (C=O) groups excluding carboxylic acids is 1. The Bertz CT molecular complexity index is 255. The number of hydrogen-bond donors (Lipinski definition) is 0. The van der Waals surface area contributed by atoms with Crippen molar-refractivity contribution in [3.05, 3.63) is 11.6 Å². The van der Waals surface area contributed by atoms with Gasteiger partial charge in [-0.25, -0.2) is 0 Å². The molecule has 0 N–H and O–H groups in total. The lowest BCUT2D eigenvalue weighted by Gasteiger charge is -2.38. The van der Waals surface area contributed by atoms with Gasteiger partial charge in [-0.05, 0) is 17.8 Å². The van der Waals surface area contributed by atoms with Crippen LogP contribution in [-0.4, -0.2) is 5.78 Å². The maximum atomic E-state index is 11.5. The van der Waals surface area contributed by atoms with Crippen molar-refractivity contribution in [2.75, 3.05) is 0 Å². The average molecular weight is 164 g/mol. The van der Waals surface area contributed by atoms with Crippen LogP contribution in [0.2, 0.25) is 0 Å². The van der Waals surface area contributed by atoms with Gasteiger partial charge in [-0.15, -0.1) is 0 Å². The van der Waals surface area contributed by atoms with E-state index in [0.717, 1.165) is 12.8 Å². The van der Waals surface area contributed by atoms with Crippen LogP contribution >= 0.6 is 0 Å². The lowest BCUT2D eigenvalue weighted by atomic mass is 9.66. The van der Waals surface area contributed by atoms with Crippen LogP contribution in [0.1, 0.15) is 33.6 Å². The van der Waals surface area contributed by atoms with Crippen molar-refractivity contribution in [3.8, 4) is 0 Å². The number of ketones is 1. The fourth-order valence-electron chi connectivity index (χ4n) is 2.39. The Balaban J connectivity index is 2.24. The molecule has 0 amide bonds. The molecular weight excluding hydrogens is 148 g/mol. The molecule has 2 aliphatic carbocycles. The molecule has 1 nitrogen and oxygen atoms in total. The standard InChI is InChI=1S/C11H16O/c1-11(2,3)8-6-7-4-5-9(12)10(7)8/h6-7,10H,4-5H2,1-3H3. The summed E-state index contributed by atoms with van der Waals surface area (Å²) >= 11 is 0. The average Bonchev–Trinajstić information content (AvgIpc) is 2.02. The van der Waals surface area contributed by atoms with Crippen LogP contribution < -0.4 is 0 Å². The first-order valence-electron chi connectivity index (χ1n) is 4.75. The molecular formula is C11H16O. The summed E-state index contributed by atoms with van der Waals surface area (Å²) in [4.78, 5) is 11.5. The van der Waals surface area contributed by atoms with Crippen molar-refractivity contribution >= 4 is 5.78 Å². The number of allylic oxidation sites excluding steroid dienone is 2. The molecule has 0 bridgehead atoms. The molecule has 1 saturated carbocycles. The Hall–Kier alpha value is -0.590. The van der Waals surface area contributed by atoms with E-state index in [9.17, 15) is 4.79 Å². The van der Waals surface area contributed by atoms with Gasteiger partial charge in [0.2, 0.25) is 0 Å². The molecule has 2 rings (SSSR count). The molecule has 0 spiro atoms. The molecule has 66 valence electrons. The van der Waals surface area contributed by atoms with Gasteiger partial charge in [0, 0.05) is 12.3 Å². The second-order valence-electron chi connectivity index (χ2n) is 5.02. The zero-order chi connectivity index (χ0) is 8.93. The molecule has 0 aromatic rings. The van der Waals surface area contributed by atoms with E-state index < -0.39 is 0 Å².